The number of allylic oxidation sites excluding steroid dienone is 1. The van der Waals surface area contributed by atoms with E-state index in [-0.39, 0.29) is 11.6 Å². The number of aromatic carboxylic acids is 1. The maximum absolute atomic E-state index is 14.1. The summed E-state index contributed by atoms with van der Waals surface area (Å²) in [5, 5.41) is 11.8. The molecule has 2 aromatic heterocycles. The van der Waals surface area contributed by atoms with Gasteiger partial charge in [-0.2, -0.15) is 0 Å². The number of hydrogen-bond donors (Lipinski definition) is 2. The number of rotatable bonds is 6. The Kier molecular flexibility index (Phi) is 8.97. The minimum Gasteiger partial charge on any atom is -0.478 e. The monoisotopic (exact) mass is 610 g/mol. The number of nitrogens with two attached hydrogens (primary N) is 1. The smallest absolute Gasteiger partial charge is 0.338 e. The Morgan fingerprint density at radius 2 is 2.14 bits per heavy atom. The van der Waals surface area contributed by atoms with E-state index in [1.165, 1.54) is 17.7 Å². The number of carboxylic acids is 1. The Morgan fingerprint density at radius 3 is 2.88 bits per heavy atom. The summed E-state index contributed by atoms with van der Waals surface area (Å²) >= 11 is 7.74. The number of piperidine rings is 1. The summed E-state index contributed by atoms with van der Waals surface area (Å²) in [6, 6.07) is 7.60. The minimum atomic E-state index is -2.68. The first-order chi connectivity index (χ1) is 20.0. The minimum absolute atomic E-state index is 0.170. The van der Waals surface area contributed by atoms with Crippen molar-refractivity contribution in [2.45, 2.75) is 64.3 Å². The second-order valence-electron chi connectivity index (χ2n) is 11.1. The molecule has 10 heteroatoms. The molecule has 1 aliphatic heterocycles. The molecule has 2 aliphatic rings. The van der Waals surface area contributed by atoms with Crippen molar-refractivity contribution in [3.63, 3.8) is 0 Å². The van der Waals surface area contributed by atoms with Crippen LogP contribution in [0.2, 0.25) is 5.02 Å². The number of carboxylic acid groups (broad SMARTS) is 1. The van der Waals surface area contributed by atoms with Crippen molar-refractivity contribution in [3.05, 3.63) is 62.8 Å². The highest BCUT2D eigenvalue weighted by molar-refractivity contribution is 7.18. The number of aromatic nitrogens is 1. The molecule has 220 valence electrons. The number of pyridine rings is 1. The maximum atomic E-state index is 14.1. The van der Waals surface area contributed by atoms with E-state index in [1.807, 2.05) is 25.1 Å². The standard InChI is InChI=1S/C32H33ClF2N4O2S/c1-19-13-26(30-29(38-19)27(17-42-30)31(40)41)25-15-23(33)9-8-20(25)5-3-6-21-14-24(10-11-28(21)37-18-36)39-12-4-7-22(16-39)32(2,34)35/h8-9,13,15,17-18,22,24H,4,6-7,10-12,14,16H2,1-2H3,(H2,36,37)(H,40,41). The lowest BCUT2D eigenvalue weighted by atomic mass is 9.86. The Bertz CT molecular complexity index is 1630. The first-order valence-electron chi connectivity index (χ1n) is 14.0. The van der Waals surface area contributed by atoms with Gasteiger partial charge < -0.3 is 10.8 Å². The molecular weight excluding hydrogens is 578 g/mol. The van der Waals surface area contributed by atoms with Crippen LogP contribution in [0.1, 0.15) is 67.1 Å². The molecule has 0 bridgehead atoms. The Hall–Kier alpha value is -3.32. The fourth-order valence-electron chi connectivity index (χ4n) is 6.05. The van der Waals surface area contributed by atoms with E-state index >= 15 is 0 Å². The number of likely N-dealkylation sites (tertiary alicyclic amines) is 1. The predicted molar refractivity (Wildman–Crippen MR) is 166 cm³/mol. The lowest BCUT2D eigenvalue weighted by Gasteiger charge is -2.41. The van der Waals surface area contributed by atoms with Crippen LogP contribution in [-0.4, -0.2) is 52.4 Å². The molecule has 6 nitrogen and oxygen atoms in total. The topological polar surface area (TPSA) is 91.8 Å². The average molecular weight is 611 g/mol. The van der Waals surface area contributed by atoms with Crippen LogP contribution in [-0.2, 0) is 0 Å². The van der Waals surface area contributed by atoms with Crippen LogP contribution in [0.5, 0.6) is 0 Å². The zero-order chi connectivity index (χ0) is 30.0. The van der Waals surface area contributed by atoms with E-state index in [0.717, 1.165) is 65.4 Å². The fraction of sp³-hybridized carbons (Fsp3) is 0.406. The third kappa shape index (κ3) is 6.51. The summed E-state index contributed by atoms with van der Waals surface area (Å²) < 4.78 is 29.0. The second-order valence-corrected chi connectivity index (χ2v) is 12.4. The van der Waals surface area contributed by atoms with Gasteiger partial charge in [0, 0.05) is 63.4 Å². The van der Waals surface area contributed by atoms with Crippen LogP contribution in [0.15, 0.2) is 45.9 Å². The fourth-order valence-corrected chi connectivity index (χ4v) is 7.23. The summed E-state index contributed by atoms with van der Waals surface area (Å²) in [5.74, 6) is 2.31. The van der Waals surface area contributed by atoms with Gasteiger partial charge in [-0.05, 0) is 82.3 Å². The van der Waals surface area contributed by atoms with Crippen LogP contribution < -0.4 is 5.73 Å². The molecule has 0 saturated carbocycles. The highest BCUT2D eigenvalue weighted by atomic mass is 35.5. The highest BCUT2D eigenvalue weighted by Gasteiger charge is 2.39. The van der Waals surface area contributed by atoms with E-state index in [2.05, 4.69) is 26.7 Å². The number of aryl methyl sites for hydroxylation is 1. The molecule has 5 rings (SSSR count). The zero-order valence-corrected chi connectivity index (χ0v) is 25.2. The molecule has 0 amide bonds. The van der Waals surface area contributed by atoms with Gasteiger partial charge in [-0.1, -0.05) is 23.4 Å². The van der Waals surface area contributed by atoms with Crippen molar-refractivity contribution in [2.75, 3.05) is 13.1 Å². The number of halogens is 3. The molecule has 0 radical (unpaired) electrons. The van der Waals surface area contributed by atoms with Crippen molar-refractivity contribution in [1.82, 2.24) is 9.88 Å². The summed E-state index contributed by atoms with van der Waals surface area (Å²) in [5.41, 5.74) is 11.4. The Labute approximate surface area is 253 Å². The first kappa shape index (κ1) is 30.1. The van der Waals surface area contributed by atoms with Crippen LogP contribution in [0.3, 0.4) is 0 Å². The highest BCUT2D eigenvalue weighted by Crippen LogP contribution is 2.39. The molecule has 3 N–H and O–H groups in total. The number of fused-ring (bicyclic) bond motifs is 1. The molecule has 3 heterocycles. The van der Waals surface area contributed by atoms with Gasteiger partial charge in [0.2, 0.25) is 5.92 Å². The largest absolute Gasteiger partial charge is 0.478 e. The summed E-state index contributed by atoms with van der Waals surface area (Å²) in [6.45, 7) is 4.10. The lowest BCUT2D eigenvalue weighted by molar-refractivity contribution is -0.0725. The molecule has 1 aromatic carbocycles. The predicted octanol–water partition coefficient (Wildman–Crippen LogP) is 7.53. The van der Waals surface area contributed by atoms with Gasteiger partial charge in [-0.3, -0.25) is 9.88 Å². The van der Waals surface area contributed by atoms with E-state index in [1.54, 1.807) is 11.4 Å². The maximum Gasteiger partial charge on any atom is 0.338 e. The number of alkyl halides is 2. The number of thiophene rings is 1. The van der Waals surface area contributed by atoms with Crippen molar-refractivity contribution in [3.8, 4) is 23.0 Å². The molecular formula is C32H33ClF2N4O2S. The van der Waals surface area contributed by atoms with E-state index in [0.29, 0.717) is 42.0 Å². The number of carbonyl (C=O) groups is 1. The van der Waals surface area contributed by atoms with Crippen molar-refractivity contribution in [2.24, 2.45) is 16.6 Å². The van der Waals surface area contributed by atoms with Crippen LogP contribution in [0.25, 0.3) is 21.3 Å². The van der Waals surface area contributed by atoms with Gasteiger partial charge in [-0.15, -0.1) is 11.3 Å². The van der Waals surface area contributed by atoms with Crippen molar-refractivity contribution in [1.29, 1.82) is 0 Å². The molecule has 1 aliphatic carbocycles. The van der Waals surface area contributed by atoms with Crippen LogP contribution >= 0.6 is 22.9 Å². The third-order valence-corrected chi connectivity index (χ3v) is 9.44. The molecule has 2 atom stereocenters. The van der Waals surface area contributed by atoms with Gasteiger partial charge in [0.1, 0.15) is 0 Å². The number of aliphatic imine (C=N–C) groups is 1. The van der Waals surface area contributed by atoms with Gasteiger partial charge in [0.25, 0.3) is 0 Å². The molecule has 1 saturated heterocycles. The van der Waals surface area contributed by atoms with Crippen LogP contribution in [0.4, 0.5) is 8.78 Å². The van der Waals surface area contributed by atoms with Crippen LogP contribution in [0, 0.1) is 24.7 Å². The average Bonchev–Trinajstić information content (AvgIpc) is 3.38. The van der Waals surface area contributed by atoms with E-state index in [4.69, 9.17) is 17.3 Å². The summed E-state index contributed by atoms with van der Waals surface area (Å²) in [6.07, 6.45) is 5.40. The van der Waals surface area contributed by atoms with Crippen molar-refractivity contribution >= 4 is 45.5 Å². The van der Waals surface area contributed by atoms with Gasteiger partial charge >= 0.3 is 5.97 Å². The zero-order valence-electron chi connectivity index (χ0n) is 23.6. The van der Waals surface area contributed by atoms with Gasteiger partial charge in [-0.25, -0.2) is 18.6 Å². The van der Waals surface area contributed by atoms with E-state index < -0.39 is 17.8 Å². The summed E-state index contributed by atoms with van der Waals surface area (Å²) in [4.78, 5) is 22.9. The SMILES string of the molecule is Cc1cc(-c2cc(Cl)ccc2C#CCC2=C(N=CN)CCC(N3CCCC(C(C)(F)F)C3)C2)c2scc(C(=O)O)c2n1. The third-order valence-electron chi connectivity index (χ3n) is 8.20. The molecule has 3 aromatic rings. The second kappa shape index (κ2) is 12.5. The quantitative estimate of drug-likeness (QED) is 0.171. The molecule has 0 spiro atoms. The van der Waals surface area contributed by atoms with Crippen molar-refractivity contribution < 1.29 is 18.7 Å². The lowest BCUT2D eigenvalue weighted by Crippen LogP contribution is -2.47. The number of hydrogen-bond acceptors (Lipinski definition) is 5. The molecule has 2 unspecified atom stereocenters. The van der Waals surface area contributed by atoms with Gasteiger partial charge in [0.15, 0.2) is 0 Å². The Morgan fingerprint density at radius 1 is 1.33 bits per heavy atom. The molecule has 42 heavy (non-hydrogen) atoms. The van der Waals surface area contributed by atoms with E-state index in [9.17, 15) is 18.7 Å². The van der Waals surface area contributed by atoms with Gasteiger partial charge in [0.05, 0.1) is 22.1 Å². The Balaban J connectivity index is 1.44. The number of benzene rings is 1. The normalized spacial score (nSPS) is 20.2. The molecule has 1 fully saturated rings. The summed E-state index contributed by atoms with van der Waals surface area (Å²) in [7, 11) is 0. The number of nitrogens with zero attached hydrogens (tertiary/aromatic N) is 3. The first-order valence-corrected chi connectivity index (χ1v) is 15.3.